The molecule has 0 rings (SSSR count). The molecule has 0 aromatic carbocycles. The molecule has 0 saturated heterocycles. The van der Waals surface area contributed by atoms with Gasteiger partial charge in [-0.05, 0) is 52.9 Å². The van der Waals surface area contributed by atoms with Crippen molar-refractivity contribution in [3.63, 3.8) is 0 Å². The Morgan fingerprint density at radius 2 is 1.71 bits per heavy atom. The highest BCUT2D eigenvalue weighted by atomic mass is 16.5. The van der Waals surface area contributed by atoms with Crippen LogP contribution < -0.4 is 5.32 Å². The lowest BCUT2D eigenvalue weighted by Gasteiger charge is -2.32. The number of rotatable bonds is 11. The van der Waals surface area contributed by atoms with Gasteiger partial charge in [-0.3, -0.25) is 4.79 Å². The van der Waals surface area contributed by atoms with Gasteiger partial charge in [-0.1, -0.05) is 52.7 Å². The predicted molar refractivity (Wildman–Crippen MR) is 104 cm³/mol. The number of carbonyl (C=O) groups is 1. The van der Waals surface area contributed by atoms with Crippen molar-refractivity contribution in [3.8, 4) is 0 Å². The molecule has 0 aliphatic carbocycles. The minimum Gasteiger partial charge on any atom is -0.373 e. The number of hydrogen-bond acceptors (Lipinski definition) is 2. The maximum atomic E-state index is 12.6. The van der Waals surface area contributed by atoms with Gasteiger partial charge in [0.05, 0.1) is 23.7 Å². The van der Waals surface area contributed by atoms with Crippen LogP contribution in [0.25, 0.3) is 0 Å². The molecule has 0 aliphatic heterocycles. The summed E-state index contributed by atoms with van der Waals surface area (Å²) in [4.78, 5) is 12.6. The van der Waals surface area contributed by atoms with E-state index in [2.05, 4.69) is 52.9 Å². The summed E-state index contributed by atoms with van der Waals surface area (Å²) < 4.78 is 5.97. The summed E-state index contributed by atoms with van der Waals surface area (Å²) in [5.74, 6) is 0.596. The first-order valence-electron chi connectivity index (χ1n) is 9.58. The van der Waals surface area contributed by atoms with E-state index in [1.165, 1.54) is 5.57 Å². The van der Waals surface area contributed by atoms with Crippen LogP contribution in [0.3, 0.4) is 0 Å². The molecule has 0 fully saturated rings. The van der Waals surface area contributed by atoms with E-state index in [0.717, 1.165) is 25.7 Å². The van der Waals surface area contributed by atoms with Crippen LogP contribution >= 0.6 is 0 Å². The molecule has 0 aliphatic rings. The minimum absolute atomic E-state index is 0.0789. The molecule has 3 nitrogen and oxygen atoms in total. The van der Waals surface area contributed by atoms with Gasteiger partial charge >= 0.3 is 0 Å². The van der Waals surface area contributed by atoms with Crippen LogP contribution in [0.1, 0.15) is 88.0 Å². The number of ether oxygens (including phenoxy) is 1. The lowest BCUT2D eigenvalue weighted by molar-refractivity contribution is -0.126. The zero-order chi connectivity index (χ0) is 19.0. The van der Waals surface area contributed by atoms with Crippen LogP contribution in [-0.4, -0.2) is 23.7 Å². The molecule has 0 aromatic rings. The molecule has 0 heterocycles. The van der Waals surface area contributed by atoms with E-state index in [9.17, 15) is 4.79 Å². The van der Waals surface area contributed by atoms with Crippen molar-refractivity contribution < 1.29 is 9.53 Å². The van der Waals surface area contributed by atoms with Crippen molar-refractivity contribution in [2.24, 2.45) is 11.8 Å². The Bertz CT molecular complexity index is 408. The molecular weight excluding hydrogens is 298 g/mol. The van der Waals surface area contributed by atoms with Crippen LogP contribution in [0.5, 0.6) is 0 Å². The van der Waals surface area contributed by atoms with Gasteiger partial charge in [0.15, 0.2) is 0 Å². The minimum atomic E-state index is -0.366. The Morgan fingerprint density at radius 1 is 1.12 bits per heavy atom. The standard InChI is InChI=1S/C21H41NO2/c1-10-12-18(13-16(3)4)14-17(5)19(23)22-20(6,7)15-24-21(8,9)11-2/h14,16-17H,10-13,15H2,1-9H3,(H,22,23)/b18-14+. The number of hydrogen-bond donors (Lipinski definition) is 1. The summed E-state index contributed by atoms with van der Waals surface area (Å²) in [6.45, 7) is 19.5. The second-order valence-electron chi connectivity index (χ2n) is 8.74. The smallest absolute Gasteiger partial charge is 0.227 e. The first-order valence-corrected chi connectivity index (χ1v) is 9.58. The fourth-order valence-corrected chi connectivity index (χ4v) is 2.49. The summed E-state index contributed by atoms with van der Waals surface area (Å²) in [5.41, 5.74) is 0.879. The lowest BCUT2D eigenvalue weighted by Crippen LogP contribution is -2.50. The van der Waals surface area contributed by atoms with Crippen LogP contribution in [-0.2, 0) is 9.53 Å². The zero-order valence-corrected chi connectivity index (χ0v) is 17.6. The van der Waals surface area contributed by atoms with Crippen molar-refractivity contribution in [2.75, 3.05) is 6.61 Å². The summed E-state index contributed by atoms with van der Waals surface area (Å²) in [6, 6.07) is 0. The van der Waals surface area contributed by atoms with Crippen molar-refractivity contribution in [2.45, 2.75) is 99.1 Å². The van der Waals surface area contributed by atoms with Crippen molar-refractivity contribution in [1.29, 1.82) is 0 Å². The average molecular weight is 340 g/mol. The first kappa shape index (κ1) is 23.2. The number of nitrogens with one attached hydrogen (secondary N) is 1. The molecule has 3 heteroatoms. The van der Waals surface area contributed by atoms with Gasteiger partial charge < -0.3 is 10.1 Å². The molecule has 0 aromatic heterocycles. The van der Waals surface area contributed by atoms with Crippen molar-refractivity contribution in [3.05, 3.63) is 11.6 Å². The molecule has 0 radical (unpaired) electrons. The second kappa shape index (κ2) is 10.2. The van der Waals surface area contributed by atoms with E-state index >= 15 is 0 Å². The van der Waals surface area contributed by atoms with E-state index in [1.54, 1.807) is 0 Å². The largest absolute Gasteiger partial charge is 0.373 e. The third-order valence-electron chi connectivity index (χ3n) is 4.28. The van der Waals surface area contributed by atoms with Gasteiger partial charge in [-0.15, -0.1) is 0 Å². The summed E-state index contributed by atoms with van der Waals surface area (Å²) in [7, 11) is 0. The first-order chi connectivity index (χ1) is 10.9. The van der Waals surface area contributed by atoms with Gasteiger partial charge in [0, 0.05) is 0 Å². The van der Waals surface area contributed by atoms with E-state index in [1.807, 2.05) is 20.8 Å². The number of carbonyl (C=O) groups excluding carboxylic acids is 1. The van der Waals surface area contributed by atoms with Crippen molar-refractivity contribution in [1.82, 2.24) is 5.32 Å². The lowest BCUT2D eigenvalue weighted by atomic mass is 9.95. The van der Waals surface area contributed by atoms with E-state index < -0.39 is 0 Å². The van der Waals surface area contributed by atoms with Gasteiger partial charge in [-0.25, -0.2) is 0 Å². The molecule has 1 N–H and O–H groups in total. The highest BCUT2D eigenvalue weighted by Gasteiger charge is 2.26. The molecule has 24 heavy (non-hydrogen) atoms. The van der Waals surface area contributed by atoms with E-state index in [-0.39, 0.29) is 23.0 Å². The third-order valence-corrected chi connectivity index (χ3v) is 4.28. The molecule has 142 valence electrons. The highest BCUT2D eigenvalue weighted by Crippen LogP contribution is 2.20. The monoisotopic (exact) mass is 339 g/mol. The van der Waals surface area contributed by atoms with Crippen LogP contribution in [0.2, 0.25) is 0 Å². The quantitative estimate of drug-likeness (QED) is 0.505. The Labute approximate surface area is 150 Å². The zero-order valence-electron chi connectivity index (χ0n) is 17.6. The molecule has 0 saturated carbocycles. The maximum absolute atomic E-state index is 12.6. The van der Waals surface area contributed by atoms with E-state index in [0.29, 0.717) is 12.5 Å². The Morgan fingerprint density at radius 3 is 2.17 bits per heavy atom. The van der Waals surface area contributed by atoms with Gasteiger partial charge in [0.2, 0.25) is 5.91 Å². The van der Waals surface area contributed by atoms with Gasteiger partial charge in [-0.2, -0.15) is 0 Å². The fraction of sp³-hybridized carbons (Fsp3) is 0.857. The average Bonchev–Trinajstić information content (AvgIpc) is 2.44. The molecular formula is C21H41NO2. The Hall–Kier alpha value is -0.830. The molecule has 1 unspecified atom stereocenters. The van der Waals surface area contributed by atoms with Crippen LogP contribution in [0, 0.1) is 11.8 Å². The number of amides is 1. The summed E-state index contributed by atoms with van der Waals surface area (Å²) in [6.07, 6.45) is 6.38. The molecule has 1 amide bonds. The van der Waals surface area contributed by atoms with Crippen LogP contribution in [0.15, 0.2) is 11.6 Å². The predicted octanol–water partition coefficient (Wildman–Crippen LogP) is 5.50. The molecule has 0 spiro atoms. The van der Waals surface area contributed by atoms with E-state index in [4.69, 9.17) is 4.74 Å². The SMILES string of the molecule is CCC/C(=C\C(C)C(=O)NC(C)(C)COC(C)(C)CC)CC(C)C. The summed E-state index contributed by atoms with van der Waals surface area (Å²) >= 11 is 0. The topological polar surface area (TPSA) is 38.3 Å². The fourth-order valence-electron chi connectivity index (χ4n) is 2.49. The second-order valence-corrected chi connectivity index (χ2v) is 8.74. The van der Waals surface area contributed by atoms with Gasteiger partial charge in [0.25, 0.3) is 0 Å². The maximum Gasteiger partial charge on any atom is 0.227 e. The third kappa shape index (κ3) is 10.1. The summed E-state index contributed by atoms with van der Waals surface area (Å²) in [5, 5.41) is 3.14. The molecule has 1 atom stereocenters. The van der Waals surface area contributed by atoms with Gasteiger partial charge in [0.1, 0.15) is 0 Å². The van der Waals surface area contributed by atoms with Crippen molar-refractivity contribution >= 4 is 5.91 Å². The Kier molecular flexibility index (Phi) is 9.87. The highest BCUT2D eigenvalue weighted by molar-refractivity contribution is 5.80. The van der Waals surface area contributed by atoms with Crippen LogP contribution in [0.4, 0.5) is 0 Å². The number of allylic oxidation sites excluding steroid dienone is 1. The molecule has 0 bridgehead atoms. The Balaban J connectivity index is 4.76. The normalized spacial score (nSPS) is 14.8.